The van der Waals surface area contributed by atoms with Crippen LogP contribution in [-0.2, 0) is 4.79 Å². The summed E-state index contributed by atoms with van der Waals surface area (Å²) in [6.45, 7) is 8.80. The Balaban J connectivity index is 0.00000338. The summed E-state index contributed by atoms with van der Waals surface area (Å²) in [5, 5.41) is 6.66. The van der Waals surface area contributed by atoms with Crippen molar-refractivity contribution >= 4 is 35.8 Å². The van der Waals surface area contributed by atoms with Gasteiger partial charge in [-0.05, 0) is 31.4 Å². The van der Waals surface area contributed by atoms with Gasteiger partial charge in [-0.25, -0.2) is 0 Å². The molecule has 1 amide bonds. The summed E-state index contributed by atoms with van der Waals surface area (Å²) in [4.78, 5) is 17.9. The topological polar surface area (TPSA) is 66.0 Å². The number of hydrogen-bond acceptors (Lipinski definition) is 3. The van der Waals surface area contributed by atoms with E-state index in [0.717, 1.165) is 42.3 Å². The van der Waals surface area contributed by atoms with E-state index >= 15 is 0 Å². The van der Waals surface area contributed by atoms with Crippen molar-refractivity contribution < 1.29 is 9.53 Å². The second-order valence-electron chi connectivity index (χ2n) is 6.39. The Morgan fingerprint density at radius 1 is 1.35 bits per heavy atom. The molecule has 0 radical (unpaired) electrons. The fraction of sp³-hybridized carbons (Fsp3) is 0.579. The molecule has 1 atom stereocenters. The molecule has 1 fully saturated rings. The van der Waals surface area contributed by atoms with Gasteiger partial charge in [0.05, 0.1) is 6.54 Å². The number of likely N-dealkylation sites (tertiary alicyclic amines) is 1. The quantitative estimate of drug-likeness (QED) is 0.288. The minimum Gasteiger partial charge on any atom is -0.491 e. The van der Waals surface area contributed by atoms with E-state index in [9.17, 15) is 4.79 Å². The van der Waals surface area contributed by atoms with Crippen LogP contribution in [0, 0.1) is 13.8 Å². The van der Waals surface area contributed by atoms with Crippen LogP contribution in [0.5, 0.6) is 5.75 Å². The van der Waals surface area contributed by atoms with E-state index in [4.69, 9.17) is 4.74 Å². The number of aryl methyl sites for hydroxylation is 2. The molecule has 1 unspecified atom stereocenters. The van der Waals surface area contributed by atoms with E-state index in [0.29, 0.717) is 19.6 Å². The zero-order chi connectivity index (χ0) is 18.2. The van der Waals surface area contributed by atoms with Crippen LogP contribution in [0.15, 0.2) is 23.2 Å². The van der Waals surface area contributed by atoms with Crippen LogP contribution in [0.1, 0.15) is 30.9 Å². The Hall–Kier alpha value is -1.51. The summed E-state index contributed by atoms with van der Waals surface area (Å²) in [5.74, 6) is 1.92. The normalized spacial score (nSPS) is 16.8. The fourth-order valence-corrected chi connectivity index (χ4v) is 3.07. The number of benzene rings is 1. The molecular formula is C19H31IN4O2. The van der Waals surface area contributed by atoms with Gasteiger partial charge in [0.15, 0.2) is 5.96 Å². The summed E-state index contributed by atoms with van der Waals surface area (Å²) in [5.41, 5.74) is 2.29. The summed E-state index contributed by atoms with van der Waals surface area (Å²) in [6, 6.07) is 6.40. The van der Waals surface area contributed by atoms with Crippen molar-refractivity contribution in [3.8, 4) is 5.75 Å². The van der Waals surface area contributed by atoms with E-state index < -0.39 is 0 Å². The molecule has 7 heteroatoms. The number of para-hydroxylation sites is 1. The zero-order valence-electron chi connectivity index (χ0n) is 16.2. The monoisotopic (exact) mass is 474 g/mol. The summed E-state index contributed by atoms with van der Waals surface area (Å²) in [6.07, 6.45) is 1.51. The number of carbonyl (C=O) groups is 1. The van der Waals surface area contributed by atoms with Gasteiger partial charge in [-0.2, -0.15) is 0 Å². The second-order valence-corrected chi connectivity index (χ2v) is 6.39. The third-order valence-electron chi connectivity index (χ3n) is 4.46. The average Bonchev–Trinajstić information content (AvgIpc) is 3.07. The molecule has 26 heavy (non-hydrogen) atoms. The van der Waals surface area contributed by atoms with E-state index in [1.807, 2.05) is 17.9 Å². The van der Waals surface area contributed by atoms with Crippen molar-refractivity contribution in [2.45, 2.75) is 39.7 Å². The molecule has 2 rings (SSSR count). The van der Waals surface area contributed by atoms with Gasteiger partial charge in [-0.3, -0.25) is 9.79 Å². The van der Waals surface area contributed by atoms with Crippen molar-refractivity contribution in [1.82, 2.24) is 15.5 Å². The van der Waals surface area contributed by atoms with Crippen molar-refractivity contribution in [2.24, 2.45) is 4.99 Å². The van der Waals surface area contributed by atoms with E-state index in [2.05, 4.69) is 41.6 Å². The molecule has 0 spiro atoms. The highest BCUT2D eigenvalue weighted by molar-refractivity contribution is 14.0. The van der Waals surface area contributed by atoms with Crippen molar-refractivity contribution in [1.29, 1.82) is 0 Å². The van der Waals surface area contributed by atoms with Crippen LogP contribution < -0.4 is 15.4 Å². The number of nitrogens with zero attached hydrogens (tertiary/aromatic N) is 2. The number of guanidine groups is 1. The molecule has 0 aliphatic carbocycles. The number of carbonyl (C=O) groups excluding carboxylic acids is 1. The Morgan fingerprint density at radius 2 is 2.04 bits per heavy atom. The van der Waals surface area contributed by atoms with Crippen LogP contribution in [0.2, 0.25) is 0 Å². The van der Waals surface area contributed by atoms with Crippen molar-refractivity contribution in [3.05, 3.63) is 29.3 Å². The van der Waals surface area contributed by atoms with Crippen LogP contribution in [-0.4, -0.2) is 56.1 Å². The number of hydrogen-bond donors (Lipinski definition) is 2. The van der Waals surface area contributed by atoms with Gasteiger partial charge in [-0.1, -0.05) is 25.1 Å². The Labute approximate surface area is 173 Å². The number of rotatable bonds is 6. The summed E-state index contributed by atoms with van der Waals surface area (Å²) >= 11 is 0. The van der Waals surface area contributed by atoms with Gasteiger partial charge in [0.2, 0.25) is 5.91 Å². The maximum Gasteiger partial charge on any atom is 0.222 e. The Bertz CT molecular complexity index is 601. The van der Waals surface area contributed by atoms with Crippen LogP contribution in [0.25, 0.3) is 0 Å². The largest absolute Gasteiger partial charge is 0.491 e. The first-order valence-electron chi connectivity index (χ1n) is 8.99. The number of ether oxygens (including phenoxy) is 1. The maximum atomic E-state index is 11.8. The first-order chi connectivity index (χ1) is 12.0. The lowest BCUT2D eigenvalue weighted by Gasteiger charge is -2.19. The number of aliphatic imine (C=N–C) groups is 1. The zero-order valence-corrected chi connectivity index (χ0v) is 18.5. The Morgan fingerprint density at radius 3 is 2.65 bits per heavy atom. The van der Waals surface area contributed by atoms with Crippen molar-refractivity contribution in [3.63, 3.8) is 0 Å². The molecule has 0 bridgehead atoms. The van der Waals surface area contributed by atoms with Crippen LogP contribution >= 0.6 is 24.0 Å². The number of halogens is 1. The Kier molecular flexibility index (Phi) is 9.75. The predicted octanol–water partition coefficient (Wildman–Crippen LogP) is 2.48. The molecule has 1 aliphatic rings. The molecular weight excluding hydrogens is 443 g/mol. The first kappa shape index (κ1) is 22.5. The highest BCUT2D eigenvalue weighted by atomic mass is 127. The molecule has 0 saturated carbocycles. The standard InChI is InChI=1S/C19H30N4O2.HI/c1-5-17(24)23-11-9-16(13-23)22-19(20-4)21-10-12-25-18-14(2)7-6-8-15(18)3;/h6-8,16H,5,9-13H2,1-4H3,(H2,20,21,22);1H. The molecule has 1 heterocycles. The third-order valence-corrected chi connectivity index (χ3v) is 4.46. The lowest BCUT2D eigenvalue weighted by Crippen LogP contribution is -2.46. The number of nitrogens with one attached hydrogen (secondary N) is 2. The smallest absolute Gasteiger partial charge is 0.222 e. The van der Waals surface area contributed by atoms with E-state index in [1.54, 1.807) is 7.05 Å². The second kappa shape index (κ2) is 11.3. The maximum absolute atomic E-state index is 11.8. The molecule has 1 aromatic carbocycles. The summed E-state index contributed by atoms with van der Waals surface area (Å²) in [7, 11) is 1.76. The number of amides is 1. The van der Waals surface area contributed by atoms with Gasteiger partial charge < -0.3 is 20.3 Å². The fourth-order valence-electron chi connectivity index (χ4n) is 3.07. The van der Waals surface area contributed by atoms with E-state index in [-0.39, 0.29) is 35.9 Å². The van der Waals surface area contributed by atoms with Crippen LogP contribution in [0.4, 0.5) is 0 Å². The predicted molar refractivity (Wildman–Crippen MR) is 117 cm³/mol. The van der Waals surface area contributed by atoms with Gasteiger partial charge in [0.25, 0.3) is 0 Å². The molecule has 0 aromatic heterocycles. The third kappa shape index (κ3) is 6.34. The van der Waals surface area contributed by atoms with Gasteiger partial charge in [-0.15, -0.1) is 24.0 Å². The molecule has 146 valence electrons. The SMILES string of the molecule is CCC(=O)N1CCC(NC(=NC)NCCOc2c(C)cccc2C)C1.I. The first-order valence-corrected chi connectivity index (χ1v) is 8.99. The molecule has 1 aliphatic heterocycles. The molecule has 1 saturated heterocycles. The van der Waals surface area contributed by atoms with Gasteiger partial charge in [0.1, 0.15) is 12.4 Å². The molecule has 6 nitrogen and oxygen atoms in total. The van der Waals surface area contributed by atoms with Gasteiger partial charge in [0, 0.05) is 32.6 Å². The summed E-state index contributed by atoms with van der Waals surface area (Å²) < 4.78 is 5.90. The minimum atomic E-state index is 0. The van der Waals surface area contributed by atoms with E-state index in [1.165, 1.54) is 0 Å². The van der Waals surface area contributed by atoms with Crippen molar-refractivity contribution in [2.75, 3.05) is 33.3 Å². The lowest BCUT2D eigenvalue weighted by atomic mass is 10.1. The lowest BCUT2D eigenvalue weighted by molar-refractivity contribution is -0.129. The average molecular weight is 474 g/mol. The minimum absolute atomic E-state index is 0. The molecule has 1 aromatic rings. The highest BCUT2D eigenvalue weighted by Crippen LogP contribution is 2.21. The molecule has 2 N–H and O–H groups in total. The van der Waals surface area contributed by atoms with Gasteiger partial charge >= 0.3 is 0 Å². The highest BCUT2D eigenvalue weighted by Gasteiger charge is 2.25. The van der Waals surface area contributed by atoms with Crippen LogP contribution in [0.3, 0.4) is 0 Å².